The Hall–Kier alpha value is -3.30. The lowest BCUT2D eigenvalue weighted by atomic mass is 9.96. The van der Waals surface area contributed by atoms with Crippen molar-refractivity contribution in [2.24, 2.45) is 0 Å². The molecule has 1 unspecified atom stereocenters. The topological polar surface area (TPSA) is 299 Å². The molecule has 4 rings (SSSR count). The summed E-state index contributed by atoms with van der Waals surface area (Å²) in [6, 6.07) is 4.04. The van der Waals surface area contributed by atoms with Crippen molar-refractivity contribution in [1.82, 2.24) is 5.32 Å². The number of carboxylic acids is 2. The quantitative estimate of drug-likeness (QED) is 0.113. The van der Waals surface area contributed by atoms with E-state index in [1.165, 1.54) is 24.3 Å². The van der Waals surface area contributed by atoms with Crippen LogP contribution in [0.15, 0.2) is 24.3 Å². The van der Waals surface area contributed by atoms with Crippen molar-refractivity contribution >= 4 is 29.4 Å². The standard InChI is InChI=1S/C26H34N2O16/c29-7-13-17(34)18(35)21(38)26(43-13)44-22-14(8-30)42-24(20(37)19(22)36)28-12-4-2-1-3-9(12)10(23(28)39)5-15(31)27-11(25(40)41)6-16(32)33/h1-4,10-11,13-14,17-22,24,26,29-30,34-38H,5-8H2,(H,27,31)(H,32,33)(H,40,41)/p-2/t10?,11-,13+,14+,17+,18-,19+,20+,21+,22+,24+,26-/m0/s1. The largest absolute Gasteiger partial charge is 0.550 e. The van der Waals surface area contributed by atoms with E-state index in [0.717, 1.165) is 4.90 Å². The lowest BCUT2D eigenvalue weighted by molar-refractivity contribution is -0.341. The van der Waals surface area contributed by atoms with E-state index in [1.54, 1.807) is 0 Å². The first-order chi connectivity index (χ1) is 20.8. The number of aliphatic hydroxyl groups is 7. The summed E-state index contributed by atoms with van der Waals surface area (Å²) in [5, 5.41) is 96.0. The van der Waals surface area contributed by atoms with E-state index in [1.807, 2.05) is 5.32 Å². The van der Waals surface area contributed by atoms with E-state index in [4.69, 9.17) is 14.2 Å². The number of carbonyl (C=O) groups excluding carboxylic acids is 4. The molecule has 12 atom stereocenters. The molecule has 3 aliphatic rings. The Morgan fingerprint density at radius 2 is 1.57 bits per heavy atom. The number of ether oxygens (including phenoxy) is 3. The molecule has 0 bridgehead atoms. The Morgan fingerprint density at radius 1 is 0.909 bits per heavy atom. The van der Waals surface area contributed by atoms with Gasteiger partial charge in [-0.2, -0.15) is 0 Å². The van der Waals surface area contributed by atoms with Crippen molar-refractivity contribution in [3.63, 3.8) is 0 Å². The predicted molar refractivity (Wildman–Crippen MR) is 134 cm³/mol. The van der Waals surface area contributed by atoms with E-state index >= 15 is 0 Å². The van der Waals surface area contributed by atoms with Gasteiger partial charge in [-0.25, -0.2) is 0 Å². The predicted octanol–water partition coefficient (Wildman–Crippen LogP) is -7.49. The highest BCUT2D eigenvalue weighted by molar-refractivity contribution is 6.07. The number of benzene rings is 1. The second-order valence-electron chi connectivity index (χ2n) is 10.6. The van der Waals surface area contributed by atoms with Crippen LogP contribution in [0.2, 0.25) is 0 Å². The Balaban J connectivity index is 1.53. The number of nitrogens with one attached hydrogen (secondary N) is 1. The highest BCUT2D eigenvalue weighted by atomic mass is 16.7. The highest BCUT2D eigenvalue weighted by Crippen LogP contribution is 2.43. The number of aliphatic hydroxyl groups excluding tert-OH is 7. The molecule has 0 aliphatic carbocycles. The molecule has 0 aromatic heterocycles. The molecule has 8 N–H and O–H groups in total. The third-order valence-corrected chi connectivity index (χ3v) is 7.72. The number of rotatable bonds is 11. The molecule has 2 fully saturated rings. The van der Waals surface area contributed by atoms with Crippen LogP contribution in [-0.4, -0.2) is 140 Å². The summed E-state index contributed by atoms with van der Waals surface area (Å²) in [5.41, 5.74) is 0.394. The number of amides is 2. The maximum absolute atomic E-state index is 13.6. The van der Waals surface area contributed by atoms with Crippen LogP contribution in [-0.2, 0) is 33.4 Å². The van der Waals surface area contributed by atoms with Gasteiger partial charge in [0.15, 0.2) is 12.5 Å². The van der Waals surface area contributed by atoms with Gasteiger partial charge in [-0.1, -0.05) is 18.2 Å². The summed E-state index contributed by atoms with van der Waals surface area (Å²) in [4.78, 5) is 49.3. The van der Waals surface area contributed by atoms with Gasteiger partial charge in [0.2, 0.25) is 11.8 Å². The molecule has 2 amide bonds. The van der Waals surface area contributed by atoms with E-state index in [2.05, 4.69) is 0 Å². The minimum absolute atomic E-state index is 0.141. The van der Waals surface area contributed by atoms with Crippen molar-refractivity contribution in [1.29, 1.82) is 0 Å². The van der Waals surface area contributed by atoms with Gasteiger partial charge >= 0.3 is 0 Å². The molecule has 18 nitrogen and oxygen atoms in total. The van der Waals surface area contributed by atoms with E-state index < -0.39 is 123 Å². The number of fused-ring (bicyclic) bond motifs is 1. The third-order valence-electron chi connectivity index (χ3n) is 7.72. The molecular formula is C26H32N2O16-2. The molecule has 3 aliphatic heterocycles. The van der Waals surface area contributed by atoms with E-state index in [-0.39, 0.29) is 11.3 Å². The number of para-hydroxylation sites is 1. The molecular weight excluding hydrogens is 596 g/mol. The normalized spacial score (nSPS) is 36.0. The van der Waals surface area contributed by atoms with Crippen LogP contribution in [0.3, 0.4) is 0 Å². The molecule has 0 spiro atoms. The van der Waals surface area contributed by atoms with Crippen molar-refractivity contribution in [2.75, 3.05) is 18.1 Å². The lowest BCUT2D eigenvalue weighted by Gasteiger charge is -2.47. The lowest BCUT2D eigenvalue weighted by Crippen LogP contribution is -2.67. The molecule has 1 aromatic rings. The smallest absolute Gasteiger partial charge is 0.237 e. The Bertz CT molecular complexity index is 1230. The molecule has 1 aromatic carbocycles. The maximum Gasteiger partial charge on any atom is 0.237 e. The number of aliphatic carboxylic acids is 2. The average Bonchev–Trinajstić information content (AvgIpc) is 3.25. The number of hydrogen-bond donors (Lipinski definition) is 8. The zero-order chi connectivity index (χ0) is 32.5. The second-order valence-corrected chi connectivity index (χ2v) is 10.6. The van der Waals surface area contributed by atoms with Gasteiger partial charge in [0.1, 0.15) is 48.8 Å². The van der Waals surface area contributed by atoms with Crippen molar-refractivity contribution in [3.8, 4) is 0 Å². The van der Waals surface area contributed by atoms with Crippen LogP contribution < -0.4 is 20.4 Å². The van der Waals surface area contributed by atoms with Crippen molar-refractivity contribution in [3.05, 3.63) is 29.8 Å². The first-order valence-electron chi connectivity index (χ1n) is 13.5. The van der Waals surface area contributed by atoms with Gasteiger partial charge < -0.3 is 75.1 Å². The number of hydrogen-bond acceptors (Lipinski definition) is 16. The summed E-state index contributed by atoms with van der Waals surface area (Å²) in [5.74, 6) is -6.75. The number of carbonyl (C=O) groups is 4. The number of carboxylic acid groups (broad SMARTS) is 2. The molecule has 0 radical (unpaired) electrons. The molecule has 2 saturated heterocycles. The molecule has 3 heterocycles. The molecule has 0 saturated carbocycles. The van der Waals surface area contributed by atoms with E-state index in [0.29, 0.717) is 0 Å². The third kappa shape index (κ3) is 6.54. The summed E-state index contributed by atoms with van der Waals surface area (Å²) in [6.45, 7) is -1.64. The van der Waals surface area contributed by atoms with Crippen molar-refractivity contribution in [2.45, 2.75) is 86.2 Å². The monoisotopic (exact) mass is 628 g/mol. The van der Waals surface area contributed by atoms with Gasteiger partial charge in [0, 0.05) is 18.8 Å². The maximum atomic E-state index is 13.6. The minimum atomic E-state index is -1.94. The fourth-order valence-electron chi connectivity index (χ4n) is 5.46. The summed E-state index contributed by atoms with van der Waals surface area (Å²) < 4.78 is 16.6. The van der Waals surface area contributed by atoms with Gasteiger partial charge in [-0.15, -0.1) is 0 Å². The molecule has 244 valence electrons. The Kier molecular flexibility index (Phi) is 10.5. The van der Waals surface area contributed by atoms with E-state index in [9.17, 15) is 65.1 Å². The Morgan fingerprint density at radius 3 is 2.18 bits per heavy atom. The van der Waals surface area contributed by atoms with Crippen LogP contribution in [0, 0.1) is 0 Å². The second kappa shape index (κ2) is 13.8. The van der Waals surface area contributed by atoms with Crippen molar-refractivity contribution < 1.29 is 79.3 Å². The zero-order valence-electron chi connectivity index (χ0n) is 22.8. The number of anilines is 1. The minimum Gasteiger partial charge on any atom is -0.550 e. The van der Waals surface area contributed by atoms with Crippen LogP contribution >= 0.6 is 0 Å². The van der Waals surface area contributed by atoms with Gasteiger partial charge in [-0.05, 0) is 11.6 Å². The first-order valence-corrected chi connectivity index (χ1v) is 13.5. The van der Waals surface area contributed by atoms with Crippen LogP contribution in [0.4, 0.5) is 5.69 Å². The average molecular weight is 629 g/mol. The van der Waals surface area contributed by atoms with Crippen LogP contribution in [0.25, 0.3) is 0 Å². The zero-order valence-corrected chi connectivity index (χ0v) is 22.8. The summed E-state index contributed by atoms with van der Waals surface area (Å²) >= 11 is 0. The highest BCUT2D eigenvalue weighted by Gasteiger charge is 2.54. The molecule has 18 heteroatoms. The summed E-state index contributed by atoms with van der Waals surface area (Å²) in [7, 11) is 0. The van der Waals surface area contributed by atoms with Gasteiger partial charge in [0.05, 0.1) is 36.8 Å². The van der Waals surface area contributed by atoms with Gasteiger partial charge in [0.25, 0.3) is 0 Å². The fraction of sp³-hybridized carbons (Fsp3) is 0.615. The summed E-state index contributed by atoms with van der Waals surface area (Å²) in [6.07, 6.45) is -18.9. The van der Waals surface area contributed by atoms with Crippen LogP contribution in [0.1, 0.15) is 24.3 Å². The first kappa shape index (κ1) is 33.6. The SMILES string of the molecule is O=C([O-])C[C@H](NC(=O)CC1C(=O)N([C@@H]2O[C@H](CO)[C@@H](O[C@@H]3O[C@H](CO)[C@@H](O)[C@H](O)[C@H]3O)[C@H](O)[C@H]2O)c2ccccc21)C(=O)[O-]. The Labute approximate surface area is 248 Å². The van der Waals surface area contributed by atoms with Crippen LogP contribution in [0.5, 0.6) is 0 Å². The number of nitrogens with zero attached hydrogens (tertiary/aromatic N) is 1. The molecule has 44 heavy (non-hydrogen) atoms. The fourth-order valence-corrected chi connectivity index (χ4v) is 5.46. The van der Waals surface area contributed by atoms with Gasteiger partial charge in [-0.3, -0.25) is 14.5 Å².